The molecule has 2 rings (SSSR count). The Kier molecular flexibility index (Phi) is 5.55. The molecular weight excluding hydrogens is 278 g/mol. The van der Waals surface area contributed by atoms with Crippen molar-refractivity contribution >= 4 is 23.2 Å². The Bertz CT molecular complexity index is 542. The Morgan fingerprint density at radius 1 is 1.36 bits per heavy atom. The molecule has 1 fully saturated rings. The molecule has 3 N–H and O–H groups in total. The number of hydrogen-bond acceptors (Lipinski definition) is 3. The van der Waals surface area contributed by atoms with Crippen LogP contribution in [-0.2, 0) is 9.59 Å². The molecule has 0 bridgehead atoms. The second-order valence-electron chi connectivity index (χ2n) is 6.28. The van der Waals surface area contributed by atoms with Crippen molar-refractivity contribution in [3.05, 3.63) is 24.3 Å². The van der Waals surface area contributed by atoms with Crippen LogP contribution in [0.15, 0.2) is 24.3 Å². The maximum Gasteiger partial charge on any atom is 0.241 e. The largest absolute Gasteiger partial charge is 0.325 e. The molecule has 0 aliphatic carbocycles. The molecule has 5 nitrogen and oxygen atoms in total. The zero-order chi connectivity index (χ0) is 16.1. The topological polar surface area (TPSA) is 75.4 Å². The van der Waals surface area contributed by atoms with Crippen LogP contribution in [0.4, 0.5) is 11.4 Å². The van der Waals surface area contributed by atoms with Crippen molar-refractivity contribution < 1.29 is 9.59 Å². The van der Waals surface area contributed by atoms with Crippen LogP contribution in [0.3, 0.4) is 0 Å². The number of nitrogens with one attached hydrogen (secondary N) is 1. The van der Waals surface area contributed by atoms with E-state index in [0.717, 1.165) is 25.1 Å². The minimum absolute atomic E-state index is 0.145. The van der Waals surface area contributed by atoms with Crippen molar-refractivity contribution in [2.45, 2.75) is 45.6 Å². The highest BCUT2D eigenvalue weighted by atomic mass is 16.2. The van der Waals surface area contributed by atoms with E-state index in [4.69, 9.17) is 5.73 Å². The maximum absolute atomic E-state index is 12.1. The highest BCUT2D eigenvalue weighted by Gasteiger charge is 2.20. The van der Waals surface area contributed by atoms with Gasteiger partial charge < -0.3 is 16.0 Å². The molecule has 1 aromatic rings. The van der Waals surface area contributed by atoms with Gasteiger partial charge in [0.15, 0.2) is 0 Å². The normalized spacial score (nSPS) is 16.7. The molecule has 0 unspecified atom stereocenters. The van der Waals surface area contributed by atoms with Gasteiger partial charge in [-0.1, -0.05) is 19.9 Å². The third kappa shape index (κ3) is 4.31. The number of carbonyl (C=O) groups excluding carboxylic acids is 2. The third-order valence-corrected chi connectivity index (χ3v) is 3.81. The van der Waals surface area contributed by atoms with Gasteiger partial charge in [-0.05, 0) is 43.4 Å². The number of hydrogen-bond donors (Lipinski definition) is 2. The summed E-state index contributed by atoms with van der Waals surface area (Å²) in [7, 11) is 0. The van der Waals surface area contributed by atoms with Crippen molar-refractivity contribution in [1.29, 1.82) is 0 Å². The van der Waals surface area contributed by atoms with Gasteiger partial charge in [0.2, 0.25) is 11.8 Å². The number of nitrogens with two attached hydrogens (primary N) is 1. The summed E-state index contributed by atoms with van der Waals surface area (Å²) in [5, 5.41) is 2.84. The zero-order valence-electron chi connectivity index (χ0n) is 13.3. The van der Waals surface area contributed by atoms with Crippen molar-refractivity contribution in [2.75, 3.05) is 16.8 Å². The summed E-state index contributed by atoms with van der Waals surface area (Å²) in [6.07, 6.45) is 3.21. The van der Waals surface area contributed by atoms with E-state index in [2.05, 4.69) is 5.32 Å². The fourth-order valence-electron chi connectivity index (χ4n) is 2.68. The lowest BCUT2D eigenvalue weighted by Crippen LogP contribution is -2.37. The summed E-state index contributed by atoms with van der Waals surface area (Å²) < 4.78 is 0. The lowest BCUT2D eigenvalue weighted by molar-refractivity contribution is -0.119. The van der Waals surface area contributed by atoms with Crippen molar-refractivity contribution in [3.63, 3.8) is 0 Å². The smallest absolute Gasteiger partial charge is 0.241 e. The number of amides is 2. The predicted molar refractivity (Wildman–Crippen MR) is 88.7 cm³/mol. The van der Waals surface area contributed by atoms with Crippen LogP contribution in [0.5, 0.6) is 0 Å². The van der Waals surface area contributed by atoms with Crippen LogP contribution in [0.25, 0.3) is 0 Å². The SMILES string of the molecule is CC(C)C[C@H](N)C(=O)Nc1cccc(N2CCCCC2=O)c1. The van der Waals surface area contributed by atoms with Gasteiger partial charge in [0.25, 0.3) is 0 Å². The lowest BCUT2D eigenvalue weighted by Gasteiger charge is -2.27. The van der Waals surface area contributed by atoms with Gasteiger partial charge in [0, 0.05) is 24.3 Å². The molecule has 1 atom stereocenters. The summed E-state index contributed by atoms with van der Waals surface area (Å²) in [6.45, 7) is 4.81. The molecule has 1 aromatic carbocycles. The first-order chi connectivity index (χ1) is 10.5. The molecule has 5 heteroatoms. The number of benzene rings is 1. The van der Waals surface area contributed by atoms with Crippen molar-refractivity contribution in [3.8, 4) is 0 Å². The van der Waals surface area contributed by atoms with Crippen LogP contribution >= 0.6 is 0 Å². The zero-order valence-corrected chi connectivity index (χ0v) is 13.3. The molecule has 0 aromatic heterocycles. The Hall–Kier alpha value is -1.88. The average molecular weight is 303 g/mol. The average Bonchev–Trinajstić information content (AvgIpc) is 2.47. The Labute approximate surface area is 131 Å². The van der Waals surface area contributed by atoms with E-state index in [1.54, 1.807) is 4.90 Å². The van der Waals surface area contributed by atoms with Crippen molar-refractivity contribution in [2.24, 2.45) is 11.7 Å². The molecule has 0 radical (unpaired) electrons. The van der Waals surface area contributed by atoms with Crippen LogP contribution in [0, 0.1) is 5.92 Å². The maximum atomic E-state index is 12.1. The standard InChI is InChI=1S/C17H25N3O2/c1-12(2)10-15(18)17(22)19-13-6-5-7-14(11-13)20-9-4-3-8-16(20)21/h5-7,11-12,15H,3-4,8-10,18H2,1-2H3,(H,19,22)/t15-/m0/s1. The fourth-order valence-corrected chi connectivity index (χ4v) is 2.68. The summed E-state index contributed by atoms with van der Waals surface area (Å²) >= 11 is 0. The van der Waals surface area contributed by atoms with Crippen LogP contribution in [-0.4, -0.2) is 24.4 Å². The molecule has 0 saturated carbocycles. The fraction of sp³-hybridized carbons (Fsp3) is 0.529. The predicted octanol–water partition coefficient (Wildman–Crippen LogP) is 2.52. The number of nitrogens with zero attached hydrogens (tertiary/aromatic N) is 1. The van der Waals surface area contributed by atoms with E-state index >= 15 is 0 Å². The Balaban J connectivity index is 2.05. The first-order valence-corrected chi connectivity index (χ1v) is 7.94. The van der Waals surface area contributed by atoms with Gasteiger partial charge in [-0.3, -0.25) is 9.59 Å². The molecule has 1 aliphatic heterocycles. The molecule has 1 heterocycles. The molecule has 1 aliphatic rings. The first-order valence-electron chi connectivity index (χ1n) is 7.94. The highest BCUT2D eigenvalue weighted by Crippen LogP contribution is 2.24. The molecule has 0 spiro atoms. The second kappa shape index (κ2) is 7.40. The molecular formula is C17H25N3O2. The van der Waals surface area contributed by atoms with Crippen LogP contribution < -0.4 is 16.0 Å². The Morgan fingerprint density at radius 3 is 2.82 bits per heavy atom. The van der Waals surface area contributed by atoms with Crippen LogP contribution in [0.2, 0.25) is 0 Å². The van der Waals surface area contributed by atoms with E-state index in [1.165, 1.54) is 0 Å². The summed E-state index contributed by atoms with van der Waals surface area (Å²) in [4.78, 5) is 25.8. The minimum Gasteiger partial charge on any atom is -0.325 e. The van der Waals surface area contributed by atoms with Crippen LogP contribution in [0.1, 0.15) is 39.5 Å². The minimum atomic E-state index is -0.514. The molecule has 2 amide bonds. The third-order valence-electron chi connectivity index (χ3n) is 3.81. The number of rotatable bonds is 5. The summed E-state index contributed by atoms with van der Waals surface area (Å²) in [6, 6.07) is 6.88. The van der Waals surface area contributed by atoms with Crippen molar-refractivity contribution in [1.82, 2.24) is 0 Å². The van der Waals surface area contributed by atoms with E-state index in [0.29, 0.717) is 24.4 Å². The van der Waals surface area contributed by atoms with Gasteiger partial charge in [-0.2, -0.15) is 0 Å². The molecule has 120 valence electrons. The second-order valence-corrected chi connectivity index (χ2v) is 6.28. The van der Waals surface area contributed by atoms with Gasteiger partial charge in [0.1, 0.15) is 0 Å². The van der Waals surface area contributed by atoms with E-state index < -0.39 is 6.04 Å². The Morgan fingerprint density at radius 2 is 2.14 bits per heavy atom. The van der Waals surface area contributed by atoms with Gasteiger partial charge in [0.05, 0.1) is 6.04 Å². The summed E-state index contributed by atoms with van der Waals surface area (Å²) in [5.74, 6) is 0.333. The summed E-state index contributed by atoms with van der Waals surface area (Å²) in [5.41, 5.74) is 7.41. The van der Waals surface area contributed by atoms with Gasteiger partial charge in [-0.15, -0.1) is 0 Å². The number of carbonyl (C=O) groups is 2. The highest BCUT2D eigenvalue weighted by molar-refractivity contribution is 5.97. The van der Waals surface area contributed by atoms with Gasteiger partial charge >= 0.3 is 0 Å². The molecule has 22 heavy (non-hydrogen) atoms. The monoisotopic (exact) mass is 303 g/mol. The molecule has 1 saturated heterocycles. The van der Waals surface area contributed by atoms with E-state index in [9.17, 15) is 9.59 Å². The van der Waals surface area contributed by atoms with E-state index in [1.807, 2.05) is 38.1 Å². The lowest BCUT2D eigenvalue weighted by atomic mass is 10.0. The van der Waals surface area contributed by atoms with Gasteiger partial charge in [-0.25, -0.2) is 0 Å². The number of piperidine rings is 1. The first kappa shape index (κ1) is 16.5. The quantitative estimate of drug-likeness (QED) is 0.877. The number of anilines is 2. The van der Waals surface area contributed by atoms with E-state index in [-0.39, 0.29) is 11.8 Å².